The maximum Gasteiger partial charge on any atom is 0.381 e. The van der Waals surface area contributed by atoms with E-state index in [1.165, 1.54) is 19.1 Å². The van der Waals surface area contributed by atoms with Gasteiger partial charge in [-0.3, -0.25) is 4.79 Å². The number of rotatable bonds is 5. The molecule has 3 nitrogen and oxygen atoms in total. The number of carbonyl (C=O) groups is 2. The highest BCUT2D eigenvalue weighted by atomic mass is 19.3. The van der Waals surface area contributed by atoms with Crippen LogP contribution in [0, 0.1) is 0 Å². The monoisotopic (exact) mass is 242 g/mol. The zero-order valence-electron chi connectivity index (χ0n) is 9.28. The summed E-state index contributed by atoms with van der Waals surface area (Å²) in [4.78, 5) is 22.1. The van der Waals surface area contributed by atoms with Crippen molar-refractivity contribution in [3.8, 4) is 0 Å². The summed E-state index contributed by atoms with van der Waals surface area (Å²) >= 11 is 0. The fourth-order valence-corrected chi connectivity index (χ4v) is 1.28. The number of esters is 1. The molecular weight excluding hydrogens is 230 g/mol. The summed E-state index contributed by atoms with van der Waals surface area (Å²) in [6, 6.07) is 7.77. The summed E-state index contributed by atoms with van der Waals surface area (Å²) in [5.74, 6) is -7.02. The molecule has 0 aliphatic rings. The van der Waals surface area contributed by atoms with Crippen LogP contribution in [-0.2, 0) is 20.7 Å². The van der Waals surface area contributed by atoms with Crippen molar-refractivity contribution in [2.75, 3.05) is 6.61 Å². The van der Waals surface area contributed by atoms with Gasteiger partial charge in [-0.25, -0.2) is 4.79 Å². The van der Waals surface area contributed by atoms with Crippen molar-refractivity contribution in [2.45, 2.75) is 19.3 Å². The van der Waals surface area contributed by atoms with Crippen LogP contribution in [0.2, 0.25) is 0 Å². The lowest BCUT2D eigenvalue weighted by Crippen LogP contribution is -2.38. The van der Waals surface area contributed by atoms with Crippen molar-refractivity contribution in [3.05, 3.63) is 35.9 Å². The van der Waals surface area contributed by atoms with Crippen LogP contribution in [0.25, 0.3) is 0 Å². The molecule has 0 heterocycles. The Hall–Kier alpha value is -1.78. The summed E-state index contributed by atoms with van der Waals surface area (Å²) < 4.78 is 31.1. The predicted molar refractivity (Wildman–Crippen MR) is 56.7 cm³/mol. The second-order valence-corrected chi connectivity index (χ2v) is 3.42. The lowest BCUT2D eigenvalue weighted by Gasteiger charge is -2.13. The lowest BCUT2D eigenvalue weighted by molar-refractivity contribution is -0.165. The van der Waals surface area contributed by atoms with Gasteiger partial charge in [-0.1, -0.05) is 30.3 Å². The zero-order chi connectivity index (χ0) is 12.9. The van der Waals surface area contributed by atoms with E-state index < -0.39 is 24.1 Å². The second-order valence-electron chi connectivity index (χ2n) is 3.42. The third-order valence-corrected chi connectivity index (χ3v) is 2.06. The Kier molecular flexibility index (Phi) is 4.31. The van der Waals surface area contributed by atoms with Crippen molar-refractivity contribution in [1.82, 2.24) is 0 Å². The topological polar surface area (TPSA) is 43.4 Å². The van der Waals surface area contributed by atoms with Crippen LogP contribution in [0.3, 0.4) is 0 Å². The lowest BCUT2D eigenvalue weighted by atomic mass is 10.0. The molecule has 0 radical (unpaired) electrons. The summed E-state index contributed by atoms with van der Waals surface area (Å²) in [5, 5.41) is 0. The van der Waals surface area contributed by atoms with Gasteiger partial charge in [0.1, 0.15) is 0 Å². The molecule has 0 aliphatic heterocycles. The first-order valence-corrected chi connectivity index (χ1v) is 5.10. The average molecular weight is 242 g/mol. The minimum absolute atomic E-state index is 0.105. The Morgan fingerprint density at radius 2 is 1.82 bits per heavy atom. The maximum absolute atomic E-state index is 13.4. The van der Waals surface area contributed by atoms with Crippen molar-refractivity contribution >= 4 is 11.8 Å². The molecule has 0 aliphatic carbocycles. The van der Waals surface area contributed by atoms with Gasteiger partial charge in [0.15, 0.2) is 0 Å². The summed E-state index contributed by atoms with van der Waals surface area (Å²) in [5.41, 5.74) is 0.287. The van der Waals surface area contributed by atoms with Gasteiger partial charge >= 0.3 is 17.7 Å². The minimum atomic E-state index is -3.73. The molecule has 0 amide bonds. The van der Waals surface area contributed by atoms with Gasteiger partial charge in [0.25, 0.3) is 0 Å². The number of alkyl halides is 2. The van der Waals surface area contributed by atoms with E-state index in [-0.39, 0.29) is 12.2 Å². The number of carbonyl (C=O) groups excluding carboxylic acids is 2. The molecule has 5 heteroatoms. The zero-order valence-corrected chi connectivity index (χ0v) is 9.28. The van der Waals surface area contributed by atoms with E-state index in [0.29, 0.717) is 0 Å². The Morgan fingerprint density at radius 3 is 2.35 bits per heavy atom. The number of hydrogen-bond acceptors (Lipinski definition) is 3. The first-order chi connectivity index (χ1) is 7.97. The third-order valence-electron chi connectivity index (χ3n) is 2.06. The third kappa shape index (κ3) is 3.62. The minimum Gasteiger partial charge on any atom is -0.460 e. The van der Waals surface area contributed by atoms with Gasteiger partial charge in [0.2, 0.25) is 0 Å². The normalized spacial score (nSPS) is 11.0. The summed E-state index contributed by atoms with van der Waals surface area (Å²) in [6.45, 7) is 1.34. The van der Waals surface area contributed by atoms with Gasteiger partial charge in [0.05, 0.1) is 6.61 Å². The summed E-state index contributed by atoms with van der Waals surface area (Å²) in [6.07, 6.45) is -0.800. The number of Topliss-reactive ketones (excluding diaryl/α,β-unsaturated/α-hetero) is 1. The van der Waals surface area contributed by atoms with Crippen molar-refractivity contribution in [1.29, 1.82) is 0 Å². The maximum atomic E-state index is 13.4. The van der Waals surface area contributed by atoms with Gasteiger partial charge in [0, 0.05) is 6.42 Å². The van der Waals surface area contributed by atoms with Gasteiger partial charge in [-0.15, -0.1) is 0 Å². The molecule has 0 atom stereocenters. The smallest absolute Gasteiger partial charge is 0.381 e. The molecule has 0 unspecified atom stereocenters. The van der Waals surface area contributed by atoms with E-state index in [9.17, 15) is 18.4 Å². The van der Waals surface area contributed by atoms with E-state index >= 15 is 0 Å². The number of hydrogen-bond donors (Lipinski definition) is 0. The van der Waals surface area contributed by atoms with E-state index in [2.05, 4.69) is 4.74 Å². The highest BCUT2D eigenvalue weighted by Crippen LogP contribution is 2.21. The van der Waals surface area contributed by atoms with E-state index in [1.807, 2.05) is 0 Å². The molecule has 1 aromatic rings. The van der Waals surface area contributed by atoms with Crippen molar-refractivity contribution in [3.63, 3.8) is 0 Å². The Balaban J connectivity index is 2.74. The number of halogens is 2. The molecule has 0 spiro atoms. The quantitative estimate of drug-likeness (QED) is 0.586. The first-order valence-electron chi connectivity index (χ1n) is 5.10. The number of ether oxygens (including phenoxy) is 1. The van der Waals surface area contributed by atoms with E-state index in [4.69, 9.17) is 0 Å². The number of ketones is 1. The van der Waals surface area contributed by atoms with E-state index in [1.54, 1.807) is 18.2 Å². The Morgan fingerprint density at radius 1 is 1.24 bits per heavy atom. The molecule has 1 aromatic carbocycles. The largest absolute Gasteiger partial charge is 0.460 e. The van der Waals surface area contributed by atoms with Crippen LogP contribution in [0.5, 0.6) is 0 Å². The fraction of sp³-hybridized carbons (Fsp3) is 0.333. The molecule has 0 saturated carbocycles. The average Bonchev–Trinajstić information content (AvgIpc) is 2.29. The van der Waals surface area contributed by atoms with Crippen LogP contribution in [0.4, 0.5) is 8.78 Å². The molecule has 0 saturated heterocycles. The van der Waals surface area contributed by atoms with Crippen molar-refractivity contribution in [2.24, 2.45) is 0 Å². The molecule has 0 N–H and O–H groups in total. The van der Waals surface area contributed by atoms with E-state index in [0.717, 1.165) is 0 Å². The summed E-state index contributed by atoms with van der Waals surface area (Å²) in [7, 11) is 0. The van der Waals surface area contributed by atoms with Crippen LogP contribution >= 0.6 is 0 Å². The molecule has 0 fully saturated rings. The fourth-order valence-electron chi connectivity index (χ4n) is 1.28. The predicted octanol–water partition coefficient (Wildman–Crippen LogP) is 2.00. The molecule has 17 heavy (non-hydrogen) atoms. The van der Waals surface area contributed by atoms with Crippen molar-refractivity contribution < 1.29 is 23.1 Å². The molecule has 0 bridgehead atoms. The SMILES string of the molecule is CCOC(=O)C(=O)C(F)(F)Cc1ccccc1. The van der Waals surface area contributed by atoms with Crippen LogP contribution in [0.1, 0.15) is 12.5 Å². The molecule has 1 rings (SSSR count). The molecular formula is C12H12F2O3. The molecule has 0 aromatic heterocycles. The van der Waals surface area contributed by atoms with Crippen LogP contribution < -0.4 is 0 Å². The van der Waals surface area contributed by atoms with Gasteiger partial charge in [-0.05, 0) is 12.5 Å². The standard InChI is InChI=1S/C12H12F2O3/c1-2-17-11(16)10(15)12(13,14)8-9-6-4-3-5-7-9/h3-7H,2,8H2,1H3. The highest BCUT2D eigenvalue weighted by Gasteiger charge is 2.44. The second kappa shape index (κ2) is 5.52. The van der Waals surface area contributed by atoms with Gasteiger partial charge in [-0.2, -0.15) is 8.78 Å². The highest BCUT2D eigenvalue weighted by molar-refractivity contribution is 6.36. The Bertz CT molecular complexity index is 401. The van der Waals surface area contributed by atoms with Crippen LogP contribution in [0.15, 0.2) is 30.3 Å². The van der Waals surface area contributed by atoms with Crippen LogP contribution in [-0.4, -0.2) is 24.3 Å². The number of benzene rings is 1. The first kappa shape index (κ1) is 13.3. The van der Waals surface area contributed by atoms with Gasteiger partial charge < -0.3 is 4.74 Å². The molecule has 92 valence electrons. The Labute approximate surface area is 97.4 Å².